The zero-order chi connectivity index (χ0) is 12.0. The molecule has 0 aliphatic carbocycles. The van der Waals surface area contributed by atoms with Crippen molar-refractivity contribution in [2.75, 3.05) is 26.7 Å². The van der Waals surface area contributed by atoms with Crippen LogP contribution in [0, 0.1) is 11.8 Å². The van der Waals surface area contributed by atoms with Gasteiger partial charge in [0.15, 0.2) is 0 Å². The molecule has 1 aliphatic heterocycles. The Bertz CT molecular complexity index is 216. The molecule has 0 radical (unpaired) electrons. The van der Waals surface area contributed by atoms with Gasteiger partial charge in [-0.15, -0.1) is 0 Å². The van der Waals surface area contributed by atoms with Gasteiger partial charge in [-0.2, -0.15) is 0 Å². The Kier molecular flexibility index (Phi) is 5.81. The Labute approximate surface area is 99.1 Å². The molecule has 16 heavy (non-hydrogen) atoms. The van der Waals surface area contributed by atoms with Gasteiger partial charge in [-0.3, -0.25) is 4.79 Å². The summed E-state index contributed by atoms with van der Waals surface area (Å²) in [5, 5.41) is 0. The topological polar surface area (TPSA) is 29.5 Å². The number of nitrogens with zero attached hydrogens (tertiary/aromatic N) is 1. The van der Waals surface area contributed by atoms with Crippen LogP contribution in [0.25, 0.3) is 0 Å². The standard InChI is InChI=1S/C13H25NO2/c1-11(2)6-4-8-14-9-5-7-12(10-14)13(15)16-3/h11-12H,4-10H2,1-3H3. The minimum atomic E-state index is -0.0337. The van der Waals surface area contributed by atoms with Crippen LogP contribution in [0.2, 0.25) is 0 Å². The van der Waals surface area contributed by atoms with Gasteiger partial charge in [0.25, 0.3) is 0 Å². The summed E-state index contributed by atoms with van der Waals surface area (Å²) in [6.45, 7) is 7.68. The highest BCUT2D eigenvalue weighted by Crippen LogP contribution is 2.18. The molecule has 0 saturated carbocycles. The van der Waals surface area contributed by atoms with Crippen LogP contribution in [0.1, 0.15) is 39.5 Å². The maximum Gasteiger partial charge on any atom is 0.309 e. The number of hydrogen-bond donors (Lipinski definition) is 0. The zero-order valence-electron chi connectivity index (χ0n) is 10.9. The summed E-state index contributed by atoms with van der Waals surface area (Å²) in [7, 11) is 1.49. The number of piperidine rings is 1. The van der Waals surface area contributed by atoms with Crippen LogP contribution in [0.3, 0.4) is 0 Å². The summed E-state index contributed by atoms with van der Waals surface area (Å²) < 4.78 is 4.82. The molecule has 1 fully saturated rings. The average Bonchev–Trinajstić information content (AvgIpc) is 2.28. The monoisotopic (exact) mass is 227 g/mol. The van der Waals surface area contributed by atoms with E-state index in [-0.39, 0.29) is 11.9 Å². The number of carbonyl (C=O) groups is 1. The van der Waals surface area contributed by atoms with Gasteiger partial charge in [0, 0.05) is 6.54 Å². The van der Waals surface area contributed by atoms with Crippen LogP contribution in [0.15, 0.2) is 0 Å². The number of ether oxygens (including phenoxy) is 1. The summed E-state index contributed by atoms with van der Waals surface area (Å²) in [4.78, 5) is 13.9. The van der Waals surface area contributed by atoms with Crippen molar-refractivity contribution in [2.45, 2.75) is 39.5 Å². The van der Waals surface area contributed by atoms with Gasteiger partial charge in [0.05, 0.1) is 13.0 Å². The second-order valence-electron chi connectivity index (χ2n) is 5.20. The number of likely N-dealkylation sites (tertiary alicyclic amines) is 1. The van der Waals surface area contributed by atoms with Gasteiger partial charge in [-0.1, -0.05) is 13.8 Å². The molecule has 0 aromatic carbocycles. The Morgan fingerprint density at radius 3 is 2.88 bits per heavy atom. The summed E-state index contributed by atoms with van der Waals surface area (Å²) in [6, 6.07) is 0. The number of methoxy groups -OCH3 is 1. The second-order valence-corrected chi connectivity index (χ2v) is 5.20. The molecular formula is C13H25NO2. The van der Waals surface area contributed by atoms with E-state index in [4.69, 9.17) is 4.74 Å². The molecule has 0 bridgehead atoms. The minimum absolute atomic E-state index is 0.0337. The lowest BCUT2D eigenvalue weighted by atomic mass is 9.97. The number of esters is 1. The zero-order valence-corrected chi connectivity index (χ0v) is 10.9. The molecule has 0 N–H and O–H groups in total. The highest BCUT2D eigenvalue weighted by atomic mass is 16.5. The van der Waals surface area contributed by atoms with Crippen LogP contribution in [0.4, 0.5) is 0 Å². The molecule has 1 rings (SSSR count). The molecule has 1 aliphatic rings. The smallest absolute Gasteiger partial charge is 0.309 e. The van der Waals surface area contributed by atoms with E-state index in [1.807, 2.05) is 0 Å². The third-order valence-corrected chi connectivity index (χ3v) is 3.30. The van der Waals surface area contributed by atoms with E-state index in [2.05, 4.69) is 18.7 Å². The molecule has 1 atom stereocenters. The Morgan fingerprint density at radius 2 is 2.25 bits per heavy atom. The molecule has 0 aromatic heterocycles. The van der Waals surface area contributed by atoms with E-state index >= 15 is 0 Å². The van der Waals surface area contributed by atoms with Gasteiger partial charge in [0.2, 0.25) is 0 Å². The lowest BCUT2D eigenvalue weighted by molar-refractivity contribution is -0.147. The molecule has 1 heterocycles. The van der Waals surface area contributed by atoms with E-state index in [0.29, 0.717) is 0 Å². The first-order valence-electron chi connectivity index (χ1n) is 6.43. The van der Waals surface area contributed by atoms with Crippen molar-refractivity contribution in [2.24, 2.45) is 11.8 Å². The van der Waals surface area contributed by atoms with E-state index in [1.165, 1.54) is 20.0 Å². The predicted molar refractivity (Wildman–Crippen MR) is 65.3 cm³/mol. The van der Waals surface area contributed by atoms with Crippen molar-refractivity contribution in [3.63, 3.8) is 0 Å². The molecular weight excluding hydrogens is 202 g/mol. The van der Waals surface area contributed by atoms with Crippen molar-refractivity contribution in [1.82, 2.24) is 4.90 Å². The van der Waals surface area contributed by atoms with Crippen molar-refractivity contribution >= 4 is 5.97 Å². The first-order valence-corrected chi connectivity index (χ1v) is 6.43. The molecule has 1 saturated heterocycles. The predicted octanol–water partition coefficient (Wildman–Crippen LogP) is 2.31. The van der Waals surface area contributed by atoms with E-state index in [9.17, 15) is 4.79 Å². The third kappa shape index (κ3) is 4.52. The SMILES string of the molecule is COC(=O)C1CCCN(CCCC(C)C)C1. The summed E-state index contributed by atoms with van der Waals surface area (Å²) in [5.41, 5.74) is 0. The van der Waals surface area contributed by atoms with Crippen LogP contribution >= 0.6 is 0 Å². The van der Waals surface area contributed by atoms with Crippen LogP contribution < -0.4 is 0 Å². The first kappa shape index (κ1) is 13.5. The van der Waals surface area contributed by atoms with Crippen molar-refractivity contribution in [1.29, 1.82) is 0 Å². The van der Waals surface area contributed by atoms with E-state index in [1.54, 1.807) is 0 Å². The maximum atomic E-state index is 11.4. The molecule has 3 heteroatoms. The van der Waals surface area contributed by atoms with E-state index < -0.39 is 0 Å². The molecule has 1 unspecified atom stereocenters. The maximum absolute atomic E-state index is 11.4. The number of hydrogen-bond acceptors (Lipinski definition) is 3. The van der Waals surface area contributed by atoms with Crippen molar-refractivity contribution in [3.05, 3.63) is 0 Å². The minimum Gasteiger partial charge on any atom is -0.469 e. The highest BCUT2D eigenvalue weighted by Gasteiger charge is 2.25. The largest absolute Gasteiger partial charge is 0.469 e. The average molecular weight is 227 g/mol. The third-order valence-electron chi connectivity index (χ3n) is 3.30. The van der Waals surface area contributed by atoms with Crippen molar-refractivity contribution < 1.29 is 9.53 Å². The van der Waals surface area contributed by atoms with Gasteiger partial charge in [-0.25, -0.2) is 0 Å². The van der Waals surface area contributed by atoms with E-state index in [0.717, 1.165) is 38.4 Å². The fourth-order valence-corrected chi connectivity index (χ4v) is 2.34. The molecule has 94 valence electrons. The van der Waals surface area contributed by atoms with Gasteiger partial charge in [-0.05, 0) is 44.7 Å². The number of carbonyl (C=O) groups excluding carboxylic acids is 1. The van der Waals surface area contributed by atoms with Gasteiger partial charge in [0.1, 0.15) is 0 Å². The quantitative estimate of drug-likeness (QED) is 0.675. The second kappa shape index (κ2) is 6.89. The highest BCUT2D eigenvalue weighted by molar-refractivity contribution is 5.72. The van der Waals surface area contributed by atoms with Gasteiger partial charge >= 0.3 is 5.97 Å². The molecule has 3 nitrogen and oxygen atoms in total. The molecule has 0 spiro atoms. The lowest BCUT2D eigenvalue weighted by Gasteiger charge is -2.31. The molecule has 0 aromatic rings. The van der Waals surface area contributed by atoms with Crippen LogP contribution in [-0.4, -0.2) is 37.6 Å². The van der Waals surface area contributed by atoms with Gasteiger partial charge < -0.3 is 9.64 Å². The molecule has 0 amide bonds. The fourth-order valence-electron chi connectivity index (χ4n) is 2.34. The normalized spacial score (nSPS) is 22.4. The summed E-state index contributed by atoms with van der Waals surface area (Å²) in [5.74, 6) is 0.854. The Hall–Kier alpha value is -0.570. The summed E-state index contributed by atoms with van der Waals surface area (Å²) >= 11 is 0. The first-order chi connectivity index (χ1) is 7.63. The van der Waals surface area contributed by atoms with Crippen LogP contribution in [0.5, 0.6) is 0 Å². The number of rotatable bonds is 5. The lowest BCUT2D eigenvalue weighted by Crippen LogP contribution is -2.39. The Morgan fingerprint density at radius 1 is 1.50 bits per heavy atom. The van der Waals surface area contributed by atoms with Crippen LogP contribution in [-0.2, 0) is 9.53 Å². The summed E-state index contributed by atoms with van der Waals surface area (Å²) in [6.07, 6.45) is 4.64. The fraction of sp³-hybridized carbons (Fsp3) is 0.923. The van der Waals surface area contributed by atoms with Crippen molar-refractivity contribution in [3.8, 4) is 0 Å². The Balaban J connectivity index is 2.25.